The molecule has 0 saturated carbocycles. The molecule has 41 heavy (non-hydrogen) atoms. The van der Waals surface area contributed by atoms with Gasteiger partial charge in [-0.1, -0.05) is 24.3 Å². The van der Waals surface area contributed by atoms with Crippen LogP contribution in [-0.2, 0) is 28.9 Å². The van der Waals surface area contributed by atoms with Crippen LogP contribution in [0.5, 0.6) is 5.75 Å². The number of carbonyl (C=O) groups excluding carboxylic acids is 1. The van der Waals surface area contributed by atoms with E-state index < -0.39 is 23.7 Å². The summed E-state index contributed by atoms with van der Waals surface area (Å²) in [4.78, 5) is 35.1. The number of aliphatic carboxylic acids is 1. The van der Waals surface area contributed by atoms with Crippen molar-refractivity contribution in [2.75, 3.05) is 38.1 Å². The summed E-state index contributed by atoms with van der Waals surface area (Å²) < 4.78 is 19.3. The number of unbranched alkanes of at least 4 members (excludes halogenated alkanes) is 1. The van der Waals surface area contributed by atoms with Gasteiger partial charge in [-0.15, -0.1) is 0 Å². The molecule has 2 aromatic heterocycles. The first kappa shape index (κ1) is 29.9. The number of nitrogens with one attached hydrogen (secondary N) is 2. The van der Waals surface area contributed by atoms with Crippen molar-refractivity contribution in [2.45, 2.75) is 51.0 Å². The predicted octanol–water partition coefficient (Wildman–Crippen LogP) is 3.88. The second-order valence-electron chi connectivity index (χ2n) is 10.2. The molecule has 3 aromatic rings. The maximum Gasteiger partial charge on any atom is 0.326 e. The van der Waals surface area contributed by atoms with Crippen LogP contribution in [0, 0.1) is 5.82 Å². The van der Waals surface area contributed by atoms with Gasteiger partial charge in [0.1, 0.15) is 30.0 Å². The molecule has 0 bridgehead atoms. The average molecular weight is 564 g/mol. The van der Waals surface area contributed by atoms with Crippen LogP contribution >= 0.6 is 0 Å². The summed E-state index contributed by atoms with van der Waals surface area (Å²) >= 11 is 0. The van der Waals surface area contributed by atoms with E-state index in [4.69, 9.17) is 9.72 Å². The van der Waals surface area contributed by atoms with Gasteiger partial charge in [0.15, 0.2) is 0 Å². The smallest absolute Gasteiger partial charge is 0.326 e. The van der Waals surface area contributed by atoms with E-state index in [9.17, 15) is 19.1 Å². The lowest BCUT2D eigenvalue weighted by atomic mass is 10.1. The number of anilines is 1. The first-order valence-corrected chi connectivity index (χ1v) is 14.2. The molecule has 0 fully saturated rings. The molecular formula is C31H38FN5O4. The summed E-state index contributed by atoms with van der Waals surface area (Å²) in [5.74, 6) is -0.359. The lowest BCUT2D eigenvalue weighted by Crippen LogP contribution is -2.44. The Hall–Kier alpha value is -4.05. The van der Waals surface area contributed by atoms with Crippen molar-refractivity contribution in [1.29, 1.82) is 0 Å². The van der Waals surface area contributed by atoms with Crippen LogP contribution in [0.2, 0.25) is 0 Å². The number of carbonyl (C=O) groups is 2. The highest BCUT2D eigenvalue weighted by molar-refractivity contribution is 5.84. The zero-order valence-electron chi connectivity index (χ0n) is 23.2. The molecule has 9 nitrogen and oxygen atoms in total. The maximum atomic E-state index is 13.4. The van der Waals surface area contributed by atoms with E-state index in [1.54, 1.807) is 0 Å². The minimum Gasteiger partial charge on any atom is -0.492 e. The highest BCUT2D eigenvalue weighted by atomic mass is 19.1. The Morgan fingerprint density at radius 3 is 2.76 bits per heavy atom. The monoisotopic (exact) mass is 563 g/mol. The normalized spacial score (nSPS) is 13.2. The Kier molecular flexibility index (Phi) is 11.4. The van der Waals surface area contributed by atoms with Crippen molar-refractivity contribution in [1.82, 2.24) is 20.2 Å². The number of hydrogen-bond donors (Lipinski definition) is 3. The van der Waals surface area contributed by atoms with E-state index in [1.165, 1.54) is 17.8 Å². The topological polar surface area (TPSA) is 117 Å². The highest BCUT2D eigenvalue weighted by Crippen LogP contribution is 2.20. The number of rotatable bonds is 16. The molecule has 0 saturated heterocycles. The number of aromatic nitrogens is 2. The number of halogens is 1. The highest BCUT2D eigenvalue weighted by Gasteiger charge is 2.21. The summed E-state index contributed by atoms with van der Waals surface area (Å²) in [5, 5.41) is 15.7. The van der Waals surface area contributed by atoms with E-state index in [0.29, 0.717) is 25.3 Å². The standard InChI is InChI=1S/C31H38FN5O4/c32-25-19-23(21-33-22-25)20-29(38)36-28(31(39)40)13-16-37(17-18-41-27-9-2-1-3-10-27)15-5-4-8-26-12-11-24-7-6-14-34-30(24)35-26/h1-3,9-12,19,21-22,28H,4-8,13-18,20H2,(H,34,35)(H,36,38)(H,39,40)/t28-/m0/s1. The van der Waals surface area contributed by atoms with Crippen molar-refractivity contribution in [3.8, 4) is 5.75 Å². The third-order valence-corrected chi connectivity index (χ3v) is 7.02. The number of fused-ring (bicyclic) bond motifs is 1. The molecule has 4 rings (SSSR count). The van der Waals surface area contributed by atoms with E-state index >= 15 is 0 Å². The Labute approximate surface area is 240 Å². The molecule has 0 spiro atoms. The number of benzene rings is 1. The summed E-state index contributed by atoms with van der Waals surface area (Å²) in [7, 11) is 0. The van der Waals surface area contributed by atoms with E-state index in [2.05, 4.69) is 32.7 Å². The lowest BCUT2D eigenvalue weighted by molar-refractivity contribution is -0.142. The van der Waals surface area contributed by atoms with Crippen molar-refractivity contribution >= 4 is 17.7 Å². The van der Waals surface area contributed by atoms with Crippen LogP contribution in [0.25, 0.3) is 0 Å². The van der Waals surface area contributed by atoms with Gasteiger partial charge in [0.25, 0.3) is 0 Å². The Morgan fingerprint density at radius 1 is 1.10 bits per heavy atom. The summed E-state index contributed by atoms with van der Waals surface area (Å²) in [6.45, 7) is 3.27. The van der Waals surface area contributed by atoms with Gasteiger partial charge >= 0.3 is 5.97 Å². The van der Waals surface area contributed by atoms with Gasteiger partial charge in [0.05, 0.1) is 12.6 Å². The van der Waals surface area contributed by atoms with E-state index in [1.807, 2.05) is 30.3 Å². The van der Waals surface area contributed by atoms with E-state index in [0.717, 1.165) is 68.7 Å². The Bertz CT molecular complexity index is 1280. The second-order valence-corrected chi connectivity index (χ2v) is 10.2. The van der Waals surface area contributed by atoms with Gasteiger partial charge in [0, 0.05) is 31.5 Å². The largest absolute Gasteiger partial charge is 0.492 e. The number of amides is 1. The molecular weight excluding hydrogens is 525 g/mol. The molecule has 1 atom stereocenters. The van der Waals surface area contributed by atoms with Crippen LogP contribution in [-0.4, -0.2) is 70.7 Å². The molecule has 1 aliphatic heterocycles. The molecule has 0 unspecified atom stereocenters. The molecule has 0 radical (unpaired) electrons. The number of pyridine rings is 2. The SMILES string of the molecule is O=C(Cc1cncc(F)c1)N[C@@H](CCN(CCCCc1ccc2c(n1)NCCC2)CCOc1ccccc1)C(=O)O. The summed E-state index contributed by atoms with van der Waals surface area (Å²) in [6, 6.07) is 14.0. The summed E-state index contributed by atoms with van der Waals surface area (Å²) in [6.07, 6.45) is 7.45. The number of carboxylic acid groups (broad SMARTS) is 1. The van der Waals surface area contributed by atoms with E-state index in [-0.39, 0.29) is 12.8 Å². The maximum absolute atomic E-state index is 13.4. The minimum atomic E-state index is -1.11. The first-order chi connectivity index (χ1) is 20.0. The Morgan fingerprint density at radius 2 is 1.95 bits per heavy atom. The fraction of sp³-hybridized carbons (Fsp3) is 0.419. The molecule has 1 aromatic carbocycles. The van der Waals surface area contributed by atoms with Crippen molar-refractivity contribution in [2.24, 2.45) is 0 Å². The molecule has 1 amide bonds. The van der Waals surface area contributed by atoms with Crippen LogP contribution < -0.4 is 15.4 Å². The lowest BCUT2D eigenvalue weighted by Gasteiger charge is -2.24. The Balaban J connectivity index is 1.28. The third-order valence-electron chi connectivity index (χ3n) is 7.02. The van der Waals surface area contributed by atoms with Crippen LogP contribution in [0.15, 0.2) is 60.9 Å². The average Bonchev–Trinajstić information content (AvgIpc) is 2.97. The van der Waals surface area contributed by atoms with Gasteiger partial charge in [-0.3, -0.25) is 14.7 Å². The van der Waals surface area contributed by atoms with Crippen LogP contribution in [0.3, 0.4) is 0 Å². The number of para-hydroxylation sites is 1. The van der Waals surface area contributed by atoms with Crippen LogP contribution in [0.1, 0.15) is 42.5 Å². The van der Waals surface area contributed by atoms with Crippen LogP contribution in [0.4, 0.5) is 10.2 Å². The molecule has 0 aliphatic carbocycles. The van der Waals surface area contributed by atoms with Gasteiger partial charge < -0.3 is 20.5 Å². The molecule has 10 heteroatoms. The molecule has 3 N–H and O–H groups in total. The van der Waals surface area contributed by atoms with Gasteiger partial charge in [-0.2, -0.15) is 0 Å². The quantitative estimate of drug-likeness (QED) is 0.225. The fourth-order valence-electron chi connectivity index (χ4n) is 4.85. The number of aryl methyl sites for hydroxylation is 2. The predicted molar refractivity (Wildman–Crippen MR) is 154 cm³/mol. The fourth-order valence-corrected chi connectivity index (χ4v) is 4.85. The number of carboxylic acids is 1. The van der Waals surface area contributed by atoms with Gasteiger partial charge in [-0.05, 0) is 80.5 Å². The van der Waals surface area contributed by atoms with Crippen molar-refractivity contribution < 1.29 is 23.8 Å². The zero-order valence-corrected chi connectivity index (χ0v) is 23.2. The van der Waals surface area contributed by atoms with Crippen molar-refractivity contribution in [3.05, 3.63) is 83.6 Å². The zero-order chi connectivity index (χ0) is 28.9. The molecule has 1 aliphatic rings. The summed E-state index contributed by atoms with van der Waals surface area (Å²) in [5.41, 5.74) is 2.73. The second kappa shape index (κ2) is 15.7. The van der Waals surface area contributed by atoms with Crippen molar-refractivity contribution in [3.63, 3.8) is 0 Å². The minimum absolute atomic E-state index is 0.143. The number of nitrogens with zero attached hydrogens (tertiary/aromatic N) is 3. The van der Waals surface area contributed by atoms with Gasteiger partial charge in [-0.25, -0.2) is 14.2 Å². The number of ether oxygens (including phenoxy) is 1. The first-order valence-electron chi connectivity index (χ1n) is 14.2. The molecule has 3 heterocycles. The third kappa shape index (κ3) is 10.1. The van der Waals surface area contributed by atoms with Gasteiger partial charge in [0.2, 0.25) is 5.91 Å². The number of hydrogen-bond acceptors (Lipinski definition) is 7. The molecule has 218 valence electrons.